The molecule has 0 saturated carbocycles. The Morgan fingerprint density at radius 1 is 1.15 bits per heavy atom. The number of morpholine rings is 1. The molecule has 0 bridgehead atoms. The van der Waals surface area contributed by atoms with Gasteiger partial charge in [0.2, 0.25) is 5.91 Å². The van der Waals surface area contributed by atoms with Gasteiger partial charge in [0.15, 0.2) is 5.13 Å². The largest absolute Gasteiger partial charge is 0.378 e. The number of aromatic nitrogens is 1. The van der Waals surface area contributed by atoms with Crippen LogP contribution in [0.3, 0.4) is 0 Å². The fraction of sp³-hybridized carbons (Fsp3) is 0.800. The van der Waals surface area contributed by atoms with Crippen LogP contribution in [-0.2, 0) is 16.1 Å². The zero-order valence-corrected chi connectivity index (χ0v) is 17.1. The standard InChI is InChI=1S/C20H32N4O2S/c25-19(23-10-12-26-13-11-23)6-5-17-4-3-7-22(15-17)16-18-14-21-20(27-18)24-8-1-2-9-24/h14,17H,1-13,15-16H2. The predicted octanol–water partition coefficient (Wildman–Crippen LogP) is 2.59. The number of hydrogen-bond donors (Lipinski definition) is 0. The minimum absolute atomic E-state index is 0.313. The molecular formula is C20H32N4O2S. The highest BCUT2D eigenvalue weighted by molar-refractivity contribution is 7.15. The van der Waals surface area contributed by atoms with Gasteiger partial charge in [0.25, 0.3) is 0 Å². The Balaban J connectivity index is 1.22. The molecule has 0 radical (unpaired) electrons. The summed E-state index contributed by atoms with van der Waals surface area (Å²) in [6.07, 6.45) is 8.89. The first-order valence-corrected chi connectivity index (χ1v) is 11.4. The third-order valence-electron chi connectivity index (χ3n) is 6.03. The predicted molar refractivity (Wildman–Crippen MR) is 108 cm³/mol. The maximum absolute atomic E-state index is 12.4. The van der Waals surface area contributed by atoms with Gasteiger partial charge in [0, 0.05) is 56.8 Å². The topological polar surface area (TPSA) is 48.9 Å². The highest BCUT2D eigenvalue weighted by atomic mass is 32.1. The van der Waals surface area contributed by atoms with Crippen molar-refractivity contribution < 1.29 is 9.53 Å². The summed E-state index contributed by atoms with van der Waals surface area (Å²) in [5, 5.41) is 1.20. The molecule has 0 N–H and O–H groups in total. The highest BCUT2D eigenvalue weighted by Crippen LogP contribution is 2.28. The second-order valence-corrected chi connectivity index (χ2v) is 9.17. The molecule has 3 fully saturated rings. The number of nitrogens with zero attached hydrogens (tertiary/aromatic N) is 4. The van der Waals surface area contributed by atoms with E-state index in [4.69, 9.17) is 4.74 Å². The van der Waals surface area contributed by atoms with Crippen molar-refractivity contribution in [2.45, 2.75) is 45.1 Å². The maximum Gasteiger partial charge on any atom is 0.222 e. The molecule has 0 aromatic carbocycles. The smallest absolute Gasteiger partial charge is 0.222 e. The van der Waals surface area contributed by atoms with Crippen LogP contribution in [0.4, 0.5) is 5.13 Å². The average Bonchev–Trinajstić information content (AvgIpc) is 3.39. The Kier molecular flexibility index (Phi) is 6.63. The van der Waals surface area contributed by atoms with Crippen LogP contribution < -0.4 is 4.90 Å². The molecule has 0 aliphatic carbocycles. The number of rotatable bonds is 6. The number of anilines is 1. The molecular weight excluding hydrogens is 360 g/mol. The third-order valence-corrected chi connectivity index (χ3v) is 7.07. The van der Waals surface area contributed by atoms with Crippen molar-refractivity contribution in [3.63, 3.8) is 0 Å². The molecule has 1 aromatic heterocycles. The molecule has 27 heavy (non-hydrogen) atoms. The van der Waals surface area contributed by atoms with Crippen LogP contribution in [0, 0.1) is 5.92 Å². The Morgan fingerprint density at radius 3 is 2.78 bits per heavy atom. The molecule has 1 aromatic rings. The molecule has 3 saturated heterocycles. The van der Waals surface area contributed by atoms with Crippen molar-refractivity contribution in [1.82, 2.24) is 14.8 Å². The SMILES string of the molecule is O=C(CCC1CCCN(Cc2cnc(N3CCCC3)s2)C1)N1CCOCC1. The van der Waals surface area contributed by atoms with Crippen molar-refractivity contribution in [2.24, 2.45) is 5.92 Å². The fourth-order valence-corrected chi connectivity index (χ4v) is 5.48. The molecule has 1 unspecified atom stereocenters. The summed E-state index contributed by atoms with van der Waals surface area (Å²) in [5.41, 5.74) is 0. The zero-order valence-electron chi connectivity index (χ0n) is 16.3. The first-order chi connectivity index (χ1) is 13.3. The van der Waals surface area contributed by atoms with E-state index in [2.05, 4.69) is 21.0 Å². The van der Waals surface area contributed by atoms with Crippen LogP contribution in [0.15, 0.2) is 6.20 Å². The normalized spacial score (nSPS) is 24.5. The summed E-state index contributed by atoms with van der Waals surface area (Å²) in [6, 6.07) is 0. The summed E-state index contributed by atoms with van der Waals surface area (Å²) in [6.45, 7) is 8.54. The summed E-state index contributed by atoms with van der Waals surface area (Å²) >= 11 is 1.86. The van der Waals surface area contributed by atoms with Crippen molar-refractivity contribution in [3.8, 4) is 0 Å². The minimum atomic E-state index is 0.313. The van der Waals surface area contributed by atoms with Crippen LogP contribution in [0.5, 0.6) is 0 Å². The number of thiazole rings is 1. The van der Waals surface area contributed by atoms with Gasteiger partial charge in [-0.05, 0) is 44.6 Å². The number of amides is 1. The number of carbonyl (C=O) groups is 1. The van der Waals surface area contributed by atoms with Crippen molar-refractivity contribution in [2.75, 3.05) is 57.4 Å². The van der Waals surface area contributed by atoms with Crippen LogP contribution in [0.2, 0.25) is 0 Å². The number of ether oxygens (including phenoxy) is 1. The summed E-state index contributed by atoms with van der Waals surface area (Å²) in [4.78, 5) is 25.4. The molecule has 1 atom stereocenters. The van der Waals surface area contributed by atoms with E-state index in [1.807, 2.05) is 16.2 Å². The molecule has 3 aliphatic heterocycles. The lowest BCUT2D eigenvalue weighted by Gasteiger charge is -2.33. The van der Waals surface area contributed by atoms with Gasteiger partial charge in [-0.1, -0.05) is 0 Å². The van der Waals surface area contributed by atoms with Gasteiger partial charge in [-0.15, -0.1) is 11.3 Å². The highest BCUT2D eigenvalue weighted by Gasteiger charge is 2.24. The van der Waals surface area contributed by atoms with Crippen molar-refractivity contribution >= 4 is 22.4 Å². The Labute approximate surface area is 166 Å². The van der Waals surface area contributed by atoms with E-state index in [9.17, 15) is 4.79 Å². The summed E-state index contributed by atoms with van der Waals surface area (Å²) < 4.78 is 5.34. The lowest BCUT2D eigenvalue weighted by atomic mass is 9.93. The molecule has 1 amide bonds. The van der Waals surface area contributed by atoms with E-state index in [-0.39, 0.29) is 0 Å². The van der Waals surface area contributed by atoms with Gasteiger partial charge in [-0.2, -0.15) is 0 Å². The van der Waals surface area contributed by atoms with Gasteiger partial charge in [0.05, 0.1) is 13.2 Å². The van der Waals surface area contributed by atoms with Crippen molar-refractivity contribution in [1.29, 1.82) is 0 Å². The van der Waals surface area contributed by atoms with E-state index in [0.29, 0.717) is 31.5 Å². The molecule has 7 heteroatoms. The van der Waals surface area contributed by atoms with Crippen LogP contribution in [0.1, 0.15) is 43.4 Å². The first kappa shape index (κ1) is 19.2. The molecule has 0 spiro atoms. The fourth-order valence-electron chi connectivity index (χ4n) is 4.47. The van der Waals surface area contributed by atoms with Crippen LogP contribution in [-0.4, -0.2) is 73.2 Å². The number of hydrogen-bond acceptors (Lipinski definition) is 6. The van der Waals surface area contributed by atoms with Gasteiger partial charge in [0.1, 0.15) is 0 Å². The number of likely N-dealkylation sites (tertiary alicyclic amines) is 1. The molecule has 150 valence electrons. The first-order valence-electron chi connectivity index (χ1n) is 10.6. The molecule has 6 nitrogen and oxygen atoms in total. The van der Waals surface area contributed by atoms with Gasteiger partial charge in [-0.3, -0.25) is 9.69 Å². The minimum Gasteiger partial charge on any atom is -0.378 e. The maximum atomic E-state index is 12.4. The Hall–Kier alpha value is -1.18. The van der Waals surface area contributed by atoms with E-state index >= 15 is 0 Å². The van der Waals surface area contributed by atoms with E-state index in [1.54, 1.807) is 0 Å². The van der Waals surface area contributed by atoms with Crippen LogP contribution >= 0.6 is 11.3 Å². The number of piperidine rings is 1. The number of carbonyl (C=O) groups excluding carboxylic acids is 1. The summed E-state index contributed by atoms with van der Waals surface area (Å²) in [7, 11) is 0. The monoisotopic (exact) mass is 392 g/mol. The molecule has 4 heterocycles. The van der Waals surface area contributed by atoms with E-state index in [1.165, 1.54) is 42.2 Å². The van der Waals surface area contributed by atoms with Gasteiger partial charge >= 0.3 is 0 Å². The lowest BCUT2D eigenvalue weighted by Crippen LogP contribution is -2.41. The lowest BCUT2D eigenvalue weighted by molar-refractivity contribution is -0.135. The zero-order chi connectivity index (χ0) is 18.5. The Bertz CT molecular complexity index is 611. The van der Waals surface area contributed by atoms with E-state index in [0.717, 1.165) is 45.7 Å². The van der Waals surface area contributed by atoms with E-state index < -0.39 is 0 Å². The quantitative estimate of drug-likeness (QED) is 0.745. The second-order valence-electron chi connectivity index (χ2n) is 8.08. The van der Waals surface area contributed by atoms with Crippen LogP contribution in [0.25, 0.3) is 0 Å². The second kappa shape index (κ2) is 9.34. The third kappa shape index (κ3) is 5.21. The van der Waals surface area contributed by atoms with Gasteiger partial charge < -0.3 is 14.5 Å². The molecule has 3 aliphatic rings. The summed E-state index contributed by atoms with van der Waals surface area (Å²) in [5.74, 6) is 0.961. The Morgan fingerprint density at radius 2 is 1.96 bits per heavy atom. The average molecular weight is 393 g/mol. The van der Waals surface area contributed by atoms with Gasteiger partial charge in [-0.25, -0.2) is 4.98 Å². The molecule has 4 rings (SSSR count). The van der Waals surface area contributed by atoms with Crippen molar-refractivity contribution in [3.05, 3.63) is 11.1 Å².